The Bertz CT molecular complexity index is 434. The summed E-state index contributed by atoms with van der Waals surface area (Å²) in [4.78, 5) is 11.8. The van der Waals surface area contributed by atoms with Crippen molar-refractivity contribution in [3.63, 3.8) is 0 Å². The number of nitrogens with one attached hydrogen (secondary N) is 1. The van der Waals surface area contributed by atoms with Gasteiger partial charge < -0.3 is 10.4 Å². The molecule has 1 aromatic heterocycles. The number of carbonyl (C=O) groups excluding carboxylic acids is 1. The van der Waals surface area contributed by atoms with Crippen molar-refractivity contribution in [2.75, 3.05) is 6.54 Å². The molecule has 0 unspecified atom stereocenters. The summed E-state index contributed by atoms with van der Waals surface area (Å²) in [7, 11) is 1.87. The monoisotopic (exact) mass is 279 g/mol. The molecular weight excluding hydrogens is 254 g/mol. The van der Waals surface area contributed by atoms with Gasteiger partial charge in [-0.3, -0.25) is 9.48 Å². The number of nitrogens with zero attached hydrogens (tertiary/aromatic N) is 2. The fourth-order valence-corrected chi connectivity index (χ4v) is 2.77. The quantitative estimate of drug-likeness (QED) is 0.804. The van der Waals surface area contributed by atoms with Crippen LogP contribution in [0.25, 0.3) is 0 Å². The van der Waals surface area contributed by atoms with Gasteiger partial charge in [-0.15, -0.1) is 0 Å². The van der Waals surface area contributed by atoms with E-state index in [4.69, 9.17) is 0 Å². The van der Waals surface area contributed by atoms with Crippen LogP contribution in [0.3, 0.4) is 0 Å². The van der Waals surface area contributed by atoms with Gasteiger partial charge in [0.2, 0.25) is 5.91 Å². The Labute approximate surface area is 120 Å². The molecule has 1 saturated carbocycles. The summed E-state index contributed by atoms with van der Waals surface area (Å²) in [5.41, 5.74) is 0.372. The van der Waals surface area contributed by atoms with E-state index in [0.29, 0.717) is 19.4 Å². The van der Waals surface area contributed by atoms with Gasteiger partial charge in [0.25, 0.3) is 0 Å². The third-order valence-electron chi connectivity index (χ3n) is 4.05. The molecule has 0 saturated heterocycles. The van der Waals surface area contributed by atoms with Gasteiger partial charge in [0.15, 0.2) is 0 Å². The summed E-state index contributed by atoms with van der Waals surface area (Å²) < 4.78 is 1.74. The van der Waals surface area contributed by atoms with Crippen molar-refractivity contribution in [2.24, 2.45) is 7.05 Å². The molecule has 0 aliphatic heterocycles. The molecule has 0 aromatic carbocycles. The zero-order valence-electron chi connectivity index (χ0n) is 12.3. The van der Waals surface area contributed by atoms with Crippen LogP contribution in [0, 0.1) is 0 Å². The number of hydrogen-bond acceptors (Lipinski definition) is 3. The summed E-state index contributed by atoms with van der Waals surface area (Å²) in [5.74, 6) is 0.00604. The third kappa shape index (κ3) is 4.63. The minimum absolute atomic E-state index is 0.00604. The molecule has 1 aliphatic rings. The zero-order chi connectivity index (χ0) is 14.4. The molecular formula is C15H25N3O2. The van der Waals surface area contributed by atoms with Crippen molar-refractivity contribution in [3.05, 3.63) is 18.0 Å². The van der Waals surface area contributed by atoms with E-state index in [1.165, 1.54) is 12.8 Å². The van der Waals surface area contributed by atoms with Gasteiger partial charge >= 0.3 is 0 Å². The van der Waals surface area contributed by atoms with Crippen molar-refractivity contribution in [2.45, 2.75) is 57.0 Å². The number of hydrogen-bond donors (Lipinski definition) is 2. The summed E-state index contributed by atoms with van der Waals surface area (Å²) in [6.07, 6.45) is 10.9. The predicted octanol–water partition coefficient (Wildman–Crippen LogP) is 1.55. The van der Waals surface area contributed by atoms with Crippen molar-refractivity contribution in [1.82, 2.24) is 15.1 Å². The minimum atomic E-state index is -0.694. The number of aliphatic hydroxyl groups is 1. The molecule has 5 heteroatoms. The average Bonchev–Trinajstić information content (AvgIpc) is 2.71. The van der Waals surface area contributed by atoms with Crippen LogP contribution in [0.1, 0.15) is 50.5 Å². The molecule has 1 amide bonds. The van der Waals surface area contributed by atoms with E-state index in [0.717, 1.165) is 31.2 Å². The van der Waals surface area contributed by atoms with Gasteiger partial charge in [-0.05, 0) is 24.8 Å². The highest BCUT2D eigenvalue weighted by atomic mass is 16.3. The summed E-state index contributed by atoms with van der Waals surface area (Å²) in [6.45, 7) is 0.388. The van der Waals surface area contributed by atoms with Gasteiger partial charge in [-0.25, -0.2) is 0 Å². The molecule has 0 bridgehead atoms. The number of aryl methyl sites for hydroxylation is 2. The first-order chi connectivity index (χ1) is 9.57. The molecule has 0 radical (unpaired) electrons. The highest BCUT2D eigenvalue weighted by Gasteiger charge is 2.28. The maximum Gasteiger partial charge on any atom is 0.220 e. The Morgan fingerprint density at radius 1 is 1.40 bits per heavy atom. The Hall–Kier alpha value is -1.36. The van der Waals surface area contributed by atoms with Crippen LogP contribution in [0.5, 0.6) is 0 Å². The lowest BCUT2D eigenvalue weighted by Gasteiger charge is -2.26. The van der Waals surface area contributed by atoms with E-state index in [-0.39, 0.29) is 5.91 Å². The first-order valence-corrected chi connectivity index (χ1v) is 7.54. The molecule has 2 rings (SSSR count). The molecule has 20 heavy (non-hydrogen) atoms. The first-order valence-electron chi connectivity index (χ1n) is 7.54. The predicted molar refractivity (Wildman–Crippen MR) is 77.2 cm³/mol. The van der Waals surface area contributed by atoms with Crippen LogP contribution < -0.4 is 5.32 Å². The number of amides is 1. The van der Waals surface area contributed by atoms with Crippen LogP contribution >= 0.6 is 0 Å². The molecule has 1 aromatic rings. The van der Waals surface area contributed by atoms with Crippen molar-refractivity contribution < 1.29 is 9.90 Å². The summed E-state index contributed by atoms with van der Waals surface area (Å²) in [5, 5.41) is 17.4. The Morgan fingerprint density at radius 3 is 2.70 bits per heavy atom. The molecule has 0 atom stereocenters. The number of rotatable bonds is 5. The standard InChI is InChI=1S/C15H25N3O2/c1-18-11-13(10-17-18)6-7-14(19)16-12-15(20)8-4-2-3-5-9-15/h10-11,20H,2-9,12H2,1H3,(H,16,19). The minimum Gasteiger partial charge on any atom is -0.388 e. The van der Waals surface area contributed by atoms with Gasteiger partial charge in [-0.2, -0.15) is 5.10 Å². The van der Waals surface area contributed by atoms with Gasteiger partial charge in [0, 0.05) is 26.2 Å². The lowest BCUT2D eigenvalue weighted by atomic mass is 9.94. The summed E-state index contributed by atoms with van der Waals surface area (Å²) in [6, 6.07) is 0. The second-order valence-electron chi connectivity index (χ2n) is 5.94. The summed E-state index contributed by atoms with van der Waals surface area (Å²) >= 11 is 0. The van der Waals surface area contributed by atoms with Gasteiger partial charge in [-0.1, -0.05) is 25.7 Å². The second-order valence-corrected chi connectivity index (χ2v) is 5.94. The lowest BCUT2D eigenvalue weighted by molar-refractivity contribution is -0.122. The largest absolute Gasteiger partial charge is 0.388 e. The van der Waals surface area contributed by atoms with Gasteiger partial charge in [0.05, 0.1) is 11.8 Å². The fourth-order valence-electron chi connectivity index (χ4n) is 2.77. The zero-order valence-corrected chi connectivity index (χ0v) is 12.3. The van der Waals surface area contributed by atoms with Gasteiger partial charge in [0.1, 0.15) is 0 Å². The Kier molecular flexibility index (Phi) is 5.17. The third-order valence-corrected chi connectivity index (χ3v) is 4.05. The second kappa shape index (κ2) is 6.88. The average molecular weight is 279 g/mol. The number of carbonyl (C=O) groups is 1. The van der Waals surface area contributed by atoms with E-state index >= 15 is 0 Å². The normalized spacial score (nSPS) is 18.5. The van der Waals surface area contributed by atoms with E-state index in [2.05, 4.69) is 10.4 Å². The molecule has 1 fully saturated rings. The molecule has 5 nitrogen and oxygen atoms in total. The highest BCUT2D eigenvalue weighted by molar-refractivity contribution is 5.76. The van der Waals surface area contributed by atoms with Crippen LogP contribution in [0.4, 0.5) is 0 Å². The van der Waals surface area contributed by atoms with Crippen LogP contribution in [0.15, 0.2) is 12.4 Å². The molecule has 0 spiro atoms. The van der Waals surface area contributed by atoms with Crippen LogP contribution in [-0.4, -0.2) is 32.9 Å². The molecule has 112 valence electrons. The van der Waals surface area contributed by atoms with Crippen LogP contribution in [-0.2, 0) is 18.3 Å². The van der Waals surface area contributed by atoms with E-state index in [9.17, 15) is 9.90 Å². The topological polar surface area (TPSA) is 67.2 Å². The lowest BCUT2D eigenvalue weighted by Crippen LogP contribution is -2.42. The van der Waals surface area contributed by atoms with Crippen LogP contribution in [0.2, 0.25) is 0 Å². The SMILES string of the molecule is Cn1cc(CCC(=O)NCC2(O)CCCCCC2)cn1. The van der Waals surface area contributed by atoms with E-state index < -0.39 is 5.60 Å². The smallest absolute Gasteiger partial charge is 0.220 e. The van der Waals surface area contributed by atoms with E-state index in [1.807, 2.05) is 13.2 Å². The number of aromatic nitrogens is 2. The highest BCUT2D eigenvalue weighted by Crippen LogP contribution is 2.26. The maximum absolute atomic E-state index is 11.8. The Morgan fingerprint density at radius 2 is 2.10 bits per heavy atom. The first kappa shape index (κ1) is 15.0. The molecule has 1 heterocycles. The van der Waals surface area contributed by atoms with E-state index in [1.54, 1.807) is 10.9 Å². The van der Waals surface area contributed by atoms with Crippen molar-refractivity contribution in [1.29, 1.82) is 0 Å². The molecule has 1 aliphatic carbocycles. The molecule has 2 N–H and O–H groups in total. The fraction of sp³-hybridized carbons (Fsp3) is 0.733. The Balaban J connectivity index is 1.71. The van der Waals surface area contributed by atoms with Crippen molar-refractivity contribution in [3.8, 4) is 0 Å². The van der Waals surface area contributed by atoms with Crippen molar-refractivity contribution >= 4 is 5.91 Å². The maximum atomic E-state index is 11.8.